The Kier molecular flexibility index (Phi) is 3.37. The summed E-state index contributed by atoms with van der Waals surface area (Å²) in [5.41, 5.74) is 3.54. The molecule has 17 heavy (non-hydrogen) atoms. The van der Waals surface area contributed by atoms with Crippen LogP contribution in [0, 0.1) is 0 Å². The van der Waals surface area contributed by atoms with Gasteiger partial charge in [-0.2, -0.15) is 0 Å². The molecular formula is C13H12N2O2. The second-order valence-electron chi connectivity index (χ2n) is 3.40. The molecule has 0 aliphatic rings. The smallest absolute Gasteiger partial charge is 0.343 e. The number of rotatable bonds is 3. The number of hydrogen-bond acceptors (Lipinski definition) is 4. The van der Waals surface area contributed by atoms with E-state index in [0.29, 0.717) is 17.0 Å². The average molecular weight is 228 g/mol. The molecule has 2 aromatic rings. The van der Waals surface area contributed by atoms with Crippen LogP contribution < -0.4 is 16.0 Å². The van der Waals surface area contributed by atoms with Crippen LogP contribution in [0.2, 0.25) is 0 Å². The van der Waals surface area contributed by atoms with Crippen molar-refractivity contribution in [2.45, 2.75) is 0 Å². The topological polar surface area (TPSA) is 64.3 Å². The Morgan fingerprint density at radius 2 is 1.65 bits per heavy atom. The number of carbonyl (C=O) groups is 1. The third kappa shape index (κ3) is 2.62. The van der Waals surface area contributed by atoms with Crippen LogP contribution >= 0.6 is 0 Å². The lowest BCUT2D eigenvalue weighted by atomic mass is 10.2. The maximum Gasteiger partial charge on any atom is 0.343 e. The highest BCUT2D eigenvalue weighted by Crippen LogP contribution is 2.23. The average Bonchev–Trinajstić information content (AvgIpc) is 2.40. The Labute approximate surface area is 99.0 Å². The lowest BCUT2D eigenvalue weighted by Crippen LogP contribution is -2.12. The van der Waals surface area contributed by atoms with E-state index >= 15 is 0 Å². The number of nitrogens with one attached hydrogen (secondary N) is 1. The predicted molar refractivity (Wildman–Crippen MR) is 65.7 cm³/mol. The minimum Gasteiger partial charge on any atom is -0.421 e. The quantitative estimate of drug-likeness (QED) is 0.366. The first-order valence-corrected chi connectivity index (χ1v) is 5.14. The third-order valence-electron chi connectivity index (χ3n) is 2.25. The van der Waals surface area contributed by atoms with Gasteiger partial charge in [-0.15, -0.1) is 0 Å². The lowest BCUT2D eigenvalue weighted by molar-refractivity contribution is 0.0736. The number of anilines is 1. The predicted octanol–water partition coefficient (Wildman–Crippen LogP) is 2.19. The zero-order valence-corrected chi connectivity index (χ0v) is 9.09. The number of carbonyl (C=O) groups excluding carboxylic acids is 1. The number of hydrazine groups is 1. The Balaban J connectivity index is 2.19. The molecule has 4 heteroatoms. The van der Waals surface area contributed by atoms with Crippen molar-refractivity contribution in [1.82, 2.24) is 0 Å². The second-order valence-corrected chi connectivity index (χ2v) is 3.40. The summed E-state index contributed by atoms with van der Waals surface area (Å²) in [7, 11) is 0. The molecule has 0 aromatic heterocycles. The molecular weight excluding hydrogens is 216 g/mol. The van der Waals surface area contributed by atoms with Gasteiger partial charge in [0.1, 0.15) is 0 Å². The summed E-state index contributed by atoms with van der Waals surface area (Å²) in [6.07, 6.45) is 0. The number of ether oxygens (including phenoxy) is 1. The van der Waals surface area contributed by atoms with Gasteiger partial charge in [-0.3, -0.25) is 5.84 Å². The van der Waals surface area contributed by atoms with Gasteiger partial charge < -0.3 is 10.2 Å². The van der Waals surface area contributed by atoms with Crippen LogP contribution in [-0.2, 0) is 0 Å². The molecule has 0 fully saturated rings. The van der Waals surface area contributed by atoms with E-state index in [4.69, 9.17) is 10.6 Å². The van der Waals surface area contributed by atoms with Crippen LogP contribution in [0.25, 0.3) is 0 Å². The van der Waals surface area contributed by atoms with Crippen LogP contribution in [0.4, 0.5) is 5.69 Å². The molecule has 2 aromatic carbocycles. The Bertz CT molecular complexity index is 512. The van der Waals surface area contributed by atoms with E-state index in [0.717, 1.165) is 0 Å². The molecule has 0 amide bonds. The molecule has 2 rings (SSSR count). The van der Waals surface area contributed by atoms with Crippen LogP contribution in [0.3, 0.4) is 0 Å². The van der Waals surface area contributed by atoms with Crippen molar-refractivity contribution in [2.75, 3.05) is 5.43 Å². The zero-order valence-electron chi connectivity index (χ0n) is 9.09. The van der Waals surface area contributed by atoms with E-state index in [1.54, 1.807) is 48.5 Å². The SMILES string of the molecule is NNc1ccccc1OC(=O)c1ccccc1. The number of hydrogen-bond donors (Lipinski definition) is 2. The van der Waals surface area contributed by atoms with Gasteiger partial charge in [-0.1, -0.05) is 30.3 Å². The van der Waals surface area contributed by atoms with Crippen LogP contribution in [0.5, 0.6) is 5.75 Å². The van der Waals surface area contributed by atoms with Crippen LogP contribution in [0.1, 0.15) is 10.4 Å². The number of nitrogen functional groups attached to an aromatic ring is 1. The van der Waals surface area contributed by atoms with Crippen LogP contribution in [-0.4, -0.2) is 5.97 Å². The molecule has 3 N–H and O–H groups in total. The summed E-state index contributed by atoms with van der Waals surface area (Å²) in [6.45, 7) is 0. The molecule has 0 saturated carbocycles. The van der Waals surface area contributed by atoms with E-state index in [9.17, 15) is 4.79 Å². The Morgan fingerprint density at radius 3 is 2.35 bits per heavy atom. The number of nitrogens with two attached hydrogens (primary N) is 1. The Hall–Kier alpha value is -2.33. The largest absolute Gasteiger partial charge is 0.421 e. The maximum absolute atomic E-state index is 11.8. The summed E-state index contributed by atoms with van der Waals surface area (Å²) >= 11 is 0. The van der Waals surface area contributed by atoms with Crippen molar-refractivity contribution in [2.24, 2.45) is 5.84 Å². The first kappa shape index (κ1) is 11.2. The molecule has 0 radical (unpaired) electrons. The molecule has 0 aliphatic carbocycles. The normalized spacial score (nSPS) is 9.71. The highest BCUT2D eigenvalue weighted by atomic mass is 16.5. The van der Waals surface area contributed by atoms with Gasteiger partial charge in [0.15, 0.2) is 5.75 Å². The standard InChI is InChI=1S/C13H12N2O2/c14-15-11-8-4-5-9-12(11)17-13(16)10-6-2-1-3-7-10/h1-9,15H,14H2. The van der Waals surface area contributed by atoms with Gasteiger partial charge in [0.25, 0.3) is 0 Å². The summed E-state index contributed by atoms with van der Waals surface area (Å²) in [5.74, 6) is 5.32. The molecule has 4 nitrogen and oxygen atoms in total. The van der Waals surface area contributed by atoms with E-state index in [2.05, 4.69) is 5.43 Å². The van der Waals surface area contributed by atoms with Gasteiger partial charge in [-0.05, 0) is 24.3 Å². The van der Waals surface area contributed by atoms with Gasteiger partial charge in [-0.25, -0.2) is 4.79 Å². The second kappa shape index (κ2) is 5.14. The van der Waals surface area contributed by atoms with Crippen molar-refractivity contribution >= 4 is 11.7 Å². The highest BCUT2D eigenvalue weighted by molar-refractivity contribution is 5.91. The fourth-order valence-corrected chi connectivity index (χ4v) is 1.41. The van der Waals surface area contributed by atoms with Crippen LogP contribution in [0.15, 0.2) is 54.6 Å². The first-order valence-electron chi connectivity index (χ1n) is 5.14. The van der Waals surface area contributed by atoms with E-state index in [1.165, 1.54) is 0 Å². The zero-order chi connectivity index (χ0) is 12.1. The van der Waals surface area contributed by atoms with Crippen molar-refractivity contribution in [3.05, 3.63) is 60.2 Å². The van der Waals surface area contributed by atoms with Crippen molar-refractivity contribution in [1.29, 1.82) is 0 Å². The van der Waals surface area contributed by atoms with Crippen molar-refractivity contribution < 1.29 is 9.53 Å². The fraction of sp³-hybridized carbons (Fsp3) is 0. The first-order chi connectivity index (χ1) is 8.31. The van der Waals surface area contributed by atoms with Gasteiger partial charge in [0.2, 0.25) is 0 Å². The summed E-state index contributed by atoms with van der Waals surface area (Å²) in [6, 6.07) is 15.8. The number of esters is 1. The molecule has 0 bridgehead atoms. The van der Waals surface area contributed by atoms with Gasteiger partial charge in [0, 0.05) is 0 Å². The van der Waals surface area contributed by atoms with Gasteiger partial charge in [0.05, 0.1) is 11.3 Å². The molecule has 86 valence electrons. The van der Waals surface area contributed by atoms with Gasteiger partial charge >= 0.3 is 5.97 Å². The van der Waals surface area contributed by atoms with Crippen molar-refractivity contribution in [3.63, 3.8) is 0 Å². The van der Waals surface area contributed by atoms with E-state index < -0.39 is 5.97 Å². The minimum absolute atomic E-state index is 0.406. The molecule has 0 heterocycles. The number of benzene rings is 2. The third-order valence-corrected chi connectivity index (χ3v) is 2.25. The highest BCUT2D eigenvalue weighted by Gasteiger charge is 2.09. The molecule has 0 aliphatic heterocycles. The lowest BCUT2D eigenvalue weighted by Gasteiger charge is -2.08. The molecule has 0 atom stereocenters. The maximum atomic E-state index is 11.8. The minimum atomic E-state index is -0.409. The van der Waals surface area contributed by atoms with E-state index in [1.807, 2.05) is 6.07 Å². The molecule has 0 saturated heterocycles. The van der Waals surface area contributed by atoms with E-state index in [-0.39, 0.29) is 0 Å². The molecule has 0 unspecified atom stereocenters. The fourth-order valence-electron chi connectivity index (χ4n) is 1.41. The Morgan fingerprint density at radius 1 is 1.00 bits per heavy atom. The number of para-hydroxylation sites is 2. The van der Waals surface area contributed by atoms with Crippen molar-refractivity contribution in [3.8, 4) is 5.75 Å². The summed E-state index contributed by atoms with van der Waals surface area (Å²) in [4.78, 5) is 11.8. The molecule has 0 spiro atoms. The summed E-state index contributed by atoms with van der Waals surface area (Å²) in [5, 5.41) is 0. The monoisotopic (exact) mass is 228 g/mol. The summed E-state index contributed by atoms with van der Waals surface area (Å²) < 4.78 is 5.24.